The van der Waals surface area contributed by atoms with Crippen LogP contribution in [-0.2, 0) is 18.9 Å². The van der Waals surface area contributed by atoms with Crippen LogP contribution in [0.15, 0.2) is 30.3 Å². The molecule has 26 heavy (non-hydrogen) atoms. The first-order chi connectivity index (χ1) is 12.4. The van der Waals surface area contributed by atoms with Crippen molar-refractivity contribution in [1.82, 2.24) is 5.32 Å². The molecule has 3 saturated heterocycles. The minimum Gasteiger partial charge on any atom is -0.393 e. The highest BCUT2D eigenvalue weighted by Gasteiger charge is 2.55. The van der Waals surface area contributed by atoms with Crippen LogP contribution in [0.25, 0.3) is 0 Å². The Morgan fingerprint density at radius 2 is 1.88 bits per heavy atom. The minimum absolute atomic E-state index is 0.119. The van der Waals surface area contributed by atoms with Gasteiger partial charge in [0.25, 0.3) is 0 Å². The van der Waals surface area contributed by atoms with Crippen LogP contribution < -0.4 is 5.32 Å². The fourth-order valence-corrected chi connectivity index (χ4v) is 4.50. The van der Waals surface area contributed by atoms with E-state index in [4.69, 9.17) is 18.9 Å². The third kappa shape index (κ3) is 3.67. The molecule has 0 aliphatic carbocycles. The van der Waals surface area contributed by atoms with Crippen molar-refractivity contribution >= 4 is 0 Å². The van der Waals surface area contributed by atoms with E-state index in [-0.39, 0.29) is 36.5 Å². The Morgan fingerprint density at radius 3 is 2.62 bits per heavy atom. The van der Waals surface area contributed by atoms with Gasteiger partial charge in [-0.15, -0.1) is 0 Å². The second-order valence-electron chi connectivity index (χ2n) is 8.03. The van der Waals surface area contributed by atoms with E-state index in [0.29, 0.717) is 6.42 Å². The molecular weight excluding hydrogens is 334 g/mol. The van der Waals surface area contributed by atoms with Crippen LogP contribution in [0.4, 0.5) is 0 Å². The number of rotatable bonds is 4. The summed E-state index contributed by atoms with van der Waals surface area (Å²) in [4.78, 5) is 0. The molecule has 4 rings (SSSR count). The summed E-state index contributed by atoms with van der Waals surface area (Å²) in [5.41, 5.74) is 1.21. The van der Waals surface area contributed by atoms with Crippen molar-refractivity contribution in [2.45, 2.75) is 81.7 Å². The maximum atomic E-state index is 10.4. The number of piperidine rings is 1. The molecule has 0 amide bonds. The number of hydrogen-bond acceptors (Lipinski definition) is 6. The fraction of sp³-hybridized carbons (Fsp3) is 0.700. The van der Waals surface area contributed by atoms with E-state index >= 15 is 0 Å². The van der Waals surface area contributed by atoms with Crippen molar-refractivity contribution in [2.75, 3.05) is 7.11 Å². The highest BCUT2D eigenvalue weighted by molar-refractivity contribution is 5.20. The first-order valence-corrected chi connectivity index (χ1v) is 9.48. The van der Waals surface area contributed by atoms with Gasteiger partial charge in [-0.3, -0.25) is 0 Å². The van der Waals surface area contributed by atoms with Gasteiger partial charge in [-0.05, 0) is 38.7 Å². The van der Waals surface area contributed by atoms with Gasteiger partial charge in [-0.25, -0.2) is 0 Å². The van der Waals surface area contributed by atoms with E-state index in [9.17, 15) is 5.11 Å². The van der Waals surface area contributed by atoms with Crippen LogP contribution in [-0.4, -0.2) is 54.8 Å². The summed E-state index contributed by atoms with van der Waals surface area (Å²) in [5, 5.41) is 14.1. The number of methoxy groups -OCH3 is 1. The van der Waals surface area contributed by atoms with Gasteiger partial charge < -0.3 is 29.4 Å². The quantitative estimate of drug-likeness (QED) is 0.854. The zero-order valence-electron chi connectivity index (χ0n) is 15.6. The van der Waals surface area contributed by atoms with Crippen LogP contribution in [0, 0.1) is 0 Å². The molecule has 0 saturated carbocycles. The Hall–Kier alpha value is -1.02. The molecule has 0 aromatic heterocycles. The number of nitrogens with one attached hydrogen (secondary N) is 1. The lowest BCUT2D eigenvalue weighted by molar-refractivity contribution is -0.228. The minimum atomic E-state index is -0.625. The summed E-state index contributed by atoms with van der Waals surface area (Å²) in [5.74, 6) is -0.625. The topological polar surface area (TPSA) is 69.2 Å². The van der Waals surface area contributed by atoms with E-state index in [1.807, 2.05) is 32.0 Å². The van der Waals surface area contributed by atoms with Gasteiger partial charge in [0.05, 0.1) is 12.2 Å². The molecule has 3 fully saturated rings. The molecule has 3 heterocycles. The van der Waals surface area contributed by atoms with Crippen LogP contribution in [0.2, 0.25) is 0 Å². The summed E-state index contributed by atoms with van der Waals surface area (Å²) in [7, 11) is 1.63. The predicted molar refractivity (Wildman–Crippen MR) is 95.5 cm³/mol. The number of fused-ring (bicyclic) bond motifs is 1. The third-order valence-corrected chi connectivity index (χ3v) is 5.56. The third-order valence-electron chi connectivity index (χ3n) is 5.56. The molecule has 3 aliphatic rings. The molecule has 144 valence electrons. The fourth-order valence-electron chi connectivity index (χ4n) is 4.50. The number of aliphatic hydroxyl groups is 1. The van der Waals surface area contributed by atoms with E-state index in [1.54, 1.807) is 7.11 Å². The molecule has 0 radical (unpaired) electrons. The summed E-state index contributed by atoms with van der Waals surface area (Å²) in [6, 6.07) is 10.6. The molecule has 1 aromatic carbocycles. The monoisotopic (exact) mass is 363 g/mol. The Kier molecular flexibility index (Phi) is 5.07. The first-order valence-electron chi connectivity index (χ1n) is 9.48. The average molecular weight is 363 g/mol. The van der Waals surface area contributed by atoms with Crippen molar-refractivity contribution in [3.8, 4) is 0 Å². The van der Waals surface area contributed by atoms with Crippen LogP contribution in [0.3, 0.4) is 0 Å². The molecule has 1 aromatic rings. The molecule has 6 heteroatoms. The Balaban J connectivity index is 1.44. The lowest BCUT2D eigenvalue weighted by Gasteiger charge is -2.36. The number of aliphatic hydroxyl groups excluding tert-OH is 1. The maximum absolute atomic E-state index is 10.4. The molecule has 0 unspecified atom stereocenters. The molecule has 0 bridgehead atoms. The summed E-state index contributed by atoms with van der Waals surface area (Å²) in [6.07, 6.45) is 0.981. The number of ether oxygens (including phenoxy) is 4. The second-order valence-corrected chi connectivity index (χ2v) is 8.03. The Bertz CT molecular complexity index is 609. The molecule has 3 aliphatic heterocycles. The van der Waals surface area contributed by atoms with Gasteiger partial charge in [-0.1, -0.05) is 30.3 Å². The zero-order chi connectivity index (χ0) is 18.3. The average Bonchev–Trinajstić information content (AvgIpc) is 3.09. The van der Waals surface area contributed by atoms with Gasteiger partial charge in [0, 0.05) is 19.2 Å². The molecular formula is C20H29NO5. The highest BCUT2D eigenvalue weighted by atomic mass is 16.8. The summed E-state index contributed by atoms with van der Waals surface area (Å²) in [6.45, 7) is 3.84. The van der Waals surface area contributed by atoms with Crippen molar-refractivity contribution < 1.29 is 24.1 Å². The number of hydrogen-bond donors (Lipinski definition) is 2. The van der Waals surface area contributed by atoms with Crippen molar-refractivity contribution in [3.63, 3.8) is 0 Å². The van der Waals surface area contributed by atoms with Gasteiger partial charge in [0.2, 0.25) is 0 Å². The van der Waals surface area contributed by atoms with Gasteiger partial charge >= 0.3 is 0 Å². The zero-order valence-corrected chi connectivity index (χ0v) is 15.6. The van der Waals surface area contributed by atoms with Crippen molar-refractivity contribution in [2.24, 2.45) is 0 Å². The predicted octanol–water partition coefficient (Wildman–Crippen LogP) is 2.12. The summed E-state index contributed by atoms with van der Waals surface area (Å²) < 4.78 is 23.6. The van der Waals surface area contributed by atoms with Crippen LogP contribution in [0.1, 0.15) is 44.7 Å². The van der Waals surface area contributed by atoms with Crippen molar-refractivity contribution in [1.29, 1.82) is 0 Å². The van der Waals surface area contributed by atoms with E-state index in [2.05, 4.69) is 17.4 Å². The lowest BCUT2D eigenvalue weighted by Crippen LogP contribution is -2.45. The largest absolute Gasteiger partial charge is 0.393 e. The van der Waals surface area contributed by atoms with Gasteiger partial charge in [0.1, 0.15) is 12.2 Å². The standard InChI is InChI=1S/C20H29NO5/c1-20(2)25-17-16(24-19(23-3)18(17)26-20)10-13-9-14(22)11-15(21-13)12-7-5-4-6-8-12/h4-8,13-19,21-22H,9-11H2,1-3H3/t13-,14-,15+,16+,17-,18-,19+/m0/s1. The van der Waals surface area contributed by atoms with Crippen LogP contribution >= 0.6 is 0 Å². The Morgan fingerprint density at radius 1 is 1.15 bits per heavy atom. The van der Waals surface area contributed by atoms with E-state index < -0.39 is 12.1 Å². The number of benzene rings is 1. The van der Waals surface area contributed by atoms with E-state index in [1.165, 1.54) is 5.56 Å². The lowest BCUT2D eigenvalue weighted by atomic mass is 9.88. The van der Waals surface area contributed by atoms with Crippen molar-refractivity contribution in [3.05, 3.63) is 35.9 Å². The highest BCUT2D eigenvalue weighted by Crippen LogP contribution is 2.41. The Labute approximate surface area is 154 Å². The van der Waals surface area contributed by atoms with Crippen LogP contribution in [0.5, 0.6) is 0 Å². The van der Waals surface area contributed by atoms with Gasteiger partial charge in [0.15, 0.2) is 12.1 Å². The second kappa shape index (κ2) is 7.19. The van der Waals surface area contributed by atoms with E-state index in [0.717, 1.165) is 12.8 Å². The normalized spacial score (nSPS) is 41.9. The molecule has 6 nitrogen and oxygen atoms in total. The maximum Gasteiger partial charge on any atom is 0.186 e. The van der Waals surface area contributed by atoms with Gasteiger partial charge in [-0.2, -0.15) is 0 Å². The molecule has 7 atom stereocenters. The first kappa shape index (κ1) is 18.3. The SMILES string of the molecule is CO[C@@H]1O[C@H](C[C@@H]2C[C@H](O)C[C@H](c3ccccc3)N2)[C@@H]2OC(C)(C)O[C@H]12. The molecule has 2 N–H and O–H groups in total. The smallest absolute Gasteiger partial charge is 0.186 e. The summed E-state index contributed by atoms with van der Waals surface area (Å²) >= 11 is 0. The molecule has 0 spiro atoms.